The Morgan fingerprint density at radius 3 is 2.08 bits per heavy atom. The van der Waals surface area contributed by atoms with Gasteiger partial charge in [-0.25, -0.2) is 0 Å². The molecule has 0 bridgehead atoms. The van der Waals surface area contributed by atoms with Crippen molar-refractivity contribution in [2.45, 2.75) is 32.6 Å². The molecule has 0 heterocycles. The van der Waals surface area contributed by atoms with E-state index in [1.165, 1.54) is 6.42 Å². The van der Waals surface area contributed by atoms with E-state index in [1.54, 1.807) is 0 Å². The van der Waals surface area contributed by atoms with Crippen molar-refractivity contribution in [3.8, 4) is 0 Å². The predicted molar refractivity (Wildman–Crippen MR) is 48.0 cm³/mol. The van der Waals surface area contributed by atoms with Crippen LogP contribution >= 0.6 is 0 Å². The highest BCUT2D eigenvalue weighted by molar-refractivity contribution is 4.38. The molecule has 0 aromatic carbocycles. The van der Waals surface area contributed by atoms with Crippen molar-refractivity contribution in [1.82, 2.24) is 0 Å². The van der Waals surface area contributed by atoms with Crippen LogP contribution in [-0.2, 0) is 9.47 Å². The Morgan fingerprint density at radius 2 is 1.50 bits per heavy atom. The summed E-state index contributed by atoms with van der Waals surface area (Å²) in [6, 6.07) is 0. The maximum Gasteiger partial charge on any atom is 0.143 e. The van der Waals surface area contributed by atoms with Crippen LogP contribution in [0.1, 0.15) is 32.6 Å². The quantitative estimate of drug-likeness (QED) is 0.428. The van der Waals surface area contributed by atoms with Crippen LogP contribution < -0.4 is 0 Å². The van der Waals surface area contributed by atoms with Gasteiger partial charge in [-0.05, 0) is 19.3 Å². The molecule has 0 aromatic heterocycles. The lowest BCUT2D eigenvalue weighted by atomic mass is 10.3. The minimum atomic E-state index is -0.170. The number of aliphatic hydroxyl groups excluding tert-OH is 1. The van der Waals surface area contributed by atoms with Gasteiger partial charge < -0.3 is 14.6 Å². The summed E-state index contributed by atoms with van der Waals surface area (Å²) in [5.41, 5.74) is 0. The van der Waals surface area contributed by atoms with Crippen molar-refractivity contribution in [2.24, 2.45) is 0 Å². The van der Waals surface area contributed by atoms with Gasteiger partial charge in [0.1, 0.15) is 6.79 Å². The second-order valence-corrected chi connectivity index (χ2v) is 2.71. The topological polar surface area (TPSA) is 38.7 Å². The molecule has 3 nitrogen and oxygen atoms in total. The highest BCUT2D eigenvalue weighted by Gasteiger charge is 1.89. The van der Waals surface area contributed by atoms with E-state index in [9.17, 15) is 0 Å². The van der Waals surface area contributed by atoms with Crippen molar-refractivity contribution in [1.29, 1.82) is 0 Å². The van der Waals surface area contributed by atoms with E-state index >= 15 is 0 Å². The zero-order chi connectivity index (χ0) is 9.07. The van der Waals surface area contributed by atoms with Crippen LogP contribution in [0.25, 0.3) is 0 Å². The molecule has 0 fully saturated rings. The summed E-state index contributed by atoms with van der Waals surface area (Å²) in [7, 11) is 0. The second kappa shape index (κ2) is 10.9. The van der Waals surface area contributed by atoms with Gasteiger partial charge in [-0.15, -0.1) is 0 Å². The molecule has 0 saturated carbocycles. The van der Waals surface area contributed by atoms with Crippen LogP contribution in [-0.4, -0.2) is 31.7 Å². The molecule has 0 aliphatic rings. The number of hydrogen-bond donors (Lipinski definition) is 1. The maximum absolute atomic E-state index is 8.29. The second-order valence-electron chi connectivity index (χ2n) is 2.71. The summed E-state index contributed by atoms with van der Waals surface area (Å²) in [5.74, 6) is 0. The lowest BCUT2D eigenvalue weighted by Crippen LogP contribution is -2.00. The Bertz CT molecular complexity index is 66.2. The monoisotopic (exact) mass is 176 g/mol. The molecular weight excluding hydrogens is 156 g/mol. The molecule has 12 heavy (non-hydrogen) atoms. The highest BCUT2D eigenvalue weighted by Crippen LogP contribution is 1.93. The molecule has 0 saturated heterocycles. The molecule has 0 rings (SSSR count). The summed E-state index contributed by atoms with van der Waals surface area (Å²) in [4.78, 5) is 0. The first-order valence-corrected chi connectivity index (χ1v) is 4.68. The zero-order valence-corrected chi connectivity index (χ0v) is 7.92. The Hall–Kier alpha value is -0.120. The average Bonchev–Trinajstić information content (AvgIpc) is 2.10. The third-order valence-corrected chi connectivity index (χ3v) is 1.56. The van der Waals surface area contributed by atoms with E-state index in [0.717, 1.165) is 32.5 Å². The van der Waals surface area contributed by atoms with E-state index in [0.29, 0.717) is 6.61 Å². The highest BCUT2D eigenvalue weighted by atomic mass is 16.6. The molecule has 1 N–H and O–H groups in total. The van der Waals surface area contributed by atoms with Gasteiger partial charge >= 0.3 is 0 Å². The van der Waals surface area contributed by atoms with E-state index in [-0.39, 0.29) is 6.79 Å². The molecule has 0 aliphatic carbocycles. The Balaban J connectivity index is 2.73. The molecule has 0 spiro atoms. The first-order valence-electron chi connectivity index (χ1n) is 4.68. The van der Waals surface area contributed by atoms with Crippen molar-refractivity contribution in [3.63, 3.8) is 0 Å². The van der Waals surface area contributed by atoms with Crippen LogP contribution in [0.5, 0.6) is 0 Å². The SMILES string of the molecule is CCCCOCCCCOCO. The third kappa shape index (κ3) is 9.88. The lowest BCUT2D eigenvalue weighted by molar-refractivity contribution is -0.00501. The molecule has 0 aromatic rings. The van der Waals surface area contributed by atoms with Crippen molar-refractivity contribution < 1.29 is 14.6 Å². The fraction of sp³-hybridized carbons (Fsp3) is 1.00. The van der Waals surface area contributed by atoms with Crippen LogP contribution in [0.4, 0.5) is 0 Å². The summed E-state index contributed by atoms with van der Waals surface area (Å²) >= 11 is 0. The fourth-order valence-corrected chi connectivity index (χ4v) is 0.821. The minimum Gasteiger partial charge on any atom is -0.381 e. The van der Waals surface area contributed by atoms with E-state index in [2.05, 4.69) is 6.92 Å². The largest absolute Gasteiger partial charge is 0.381 e. The summed E-state index contributed by atoms with van der Waals surface area (Å²) in [5, 5.41) is 8.29. The van der Waals surface area contributed by atoms with Gasteiger partial charge in [-0.2, -0.15) is 0 Å². The summed E-state index contributed by atoms with van der Waals surface area (Å²) < 4.78 is 10.1. The molecule has 0 unspecified atom stereocenters. The number of rotatable bonds is 9. The Kier molecular flexibility index (Phi) is 10.8. The van der Waals surface area contributed by atoms with Gasteiger partial charge in [0.15, 0.2) is 0 Å². The maximum atomic E-state index is 8.29. The summed E-state index contributed by atoms with van der Waals surface area (Å²) in [6.45, 7) is 4.30. The number of ether oxygens (including phenoxy) is 2. The van der Waals surface area contributed by atoms with Crippen LogP contribution in [0.15, 0.2) is 0 Å². The zero-order valence-electron chi connectivity index (χ0n) is 7.92. The Labute approximate surface area is 74.7 Å². The number of unbranched alkanes of at least 4 members (excludes halogenated alkanes) is 2. The molecular formula is C9H20O3. The normalized spacial score (nSPS) is 10.5. The molecule has 74 valence electrons. The van der Waals surface area contributed by atoms with Crippen LogP contribution in [0.3, 0.4) is 0 Å². The van der Waals surface area contributed by atoms with Gasteiger partial charge in [0.2, 0.25) is 0 Å². The lowest BCUT2D eigenvalue weighted by Gasteiger charge is -2.02. The predicted octanol–water partition coefficient (Wildman–Crippen LogP) is 1.55. The van der Waals surface area contributed by atoms with Crippen molar-refractivity contribution in [3.05, 3.63) is 0 Å². The first kappa shape index (κ1) is 11.9. The van der Waals surface area contributed by atoms with Crippen LogP contribution in [0, 0.1) is 0 Å². The van der Waals surface area contributed by atoms with E-state index < -0.39 is 0 Å². The molecule has 0 amide bonds. The van der Waals surface area contributed by atoms with Crippen LogP contribution in [0.2, 0.25) is 0 Å². The molecule has 0 atom stereocenters. The molecule has 0 aliphatic heterocycles. The van der Waals surface area contributed by atoms with Gasteiger partial charge in [-0.1, -0.05) is 13.3 Å². The number of aliphatic hydroxyl groups is 1. The third-order valence-electron chi connectivity index (χ3n) is 1.56. The van der Waals surface area contributed by atoms with Gasteiger partial charge in [0.25, 0.3) is 0 Å². The fourth-order valence-electron chi connectivity index (χ4n) is 0.821. The van der Waals surface area contributed by atoms with Crippen molar-refractivity contribution >= 4 is 0 Å². The standard InChI is InChI=1S/C9H20O3/c1-2-3-6-11-7-4-5-8-12-9-10/h10H,2-9H2,1H3. The van der Waals surface area contributed by atoms with E-state index in [1.807, 2.05) is 0 Å². The minimum absolute atomic E-state index is 0.170. The smallest absolute Gasteiger partial charge is 0.143 e. The first-order chi connectivity index (χ1) is 5.91. The van der Waals surface area contributed by atoms with E-state index in [4.69, 9.17) is 14.6 Å². The molecule has 0 radical (unpaired) electrons. The molecule has 3 heteroatoms. The van der Waals surface area contributed by atoms with Gasteiger partial charge in [-0.3, -0.25) is 0 Å². The van der Waals surface area contributed by atoms with Crippen molar-refractivity contribution in [2.75, 3.05) is 26.6 Å². The van der Waals surface area contributed by atoms with Gasteiger partial charge in [0, 0.05) is 19.8 Å². The average molecular weight is 176 g/mol. The van der Waals surface area contributed by atoms with Gasteiger partial charge in [0.05, 0.1) is 0 Å². The number of hydrogen-bond acceptors (Lipinski definition) is 3. The summed E-state index contributed by atoms with van der Waals surface area (Å²) in [6.07, 6.45) is 4.32. The Morgan fingerprint density at radius 1 is 0.917 bits per heavy atom.